The molecule has 0 saturated carbocycles. The minimum Gasteiger partial charge on any atom is -0.433 e. The third-order valence-electron chi connectivity index (χ3n) is 4.12. The molecule has 1 unspecified atom stereocenters. The summed E-state index contributed by atoms with van der Waals surface area (Å²) in [6.45, 7) is -3.02. The van der Waals surface area contributed by atoms with E-state index in [2.05, 4.69) is 15.4 Å². The highest BCUT2D eigenvalue weighted by Crippen LogP contribution is 2.29. The van der Waals surface area contributed by atoms with Gasteiger partial charge in [-0.05, 0) is 35.9 Å². The smallest absolute Gasteiger partial charge is 0.387 e. The van der Waals surface area contributed by atoms with E-state index in [0.717, 1.165) is 0 Å². The lowest BCUT2D eigenvalue weighted by atomic mass is 10.1. The Morgan fingerprint density at radius 1 is 0.900 bits per heavy atom. The van der Waals surface area contributed by atoms with Gasteiger partial charge in [0.2, 0.25) is 0 Å². The van der Waals surface area contributed by atoms with Crippen LogP contribution in [0.3, 0.4) is 0 Å². The zero-order valence-corrected chi connectivity index (χ0v) is 16.3. The number of carbonyl (C=O) groups excluding carboxylic acids is 2. The van der Waals surface area contributed by atoms with Crippen molar-refractivity contribution in [1.82, 2.24) is 5.32 Å². The topological polar surface area (TPSA) is 67.4 Å². The molecular formula is C22H17ClF2N2O3. The van der Waals surface area contributed by atoms with Gasteiger partial charge in [0, 0.05) is 11.3 Å². The van der Waals surface area contributed by atoms with E-state index < -0.39 is 24.5 Å². The van der Waals surface area contributed by atoms with Gasteiger partial charge in [0.1, 0.15) is 11.8 Å². The lowest BCUT2D eigenvalue weighted by Gasteiger charge is -2.19. The van der Waals surface area contributed by atoms with Gasteiger partial charge in [-0.15, -0.1) is 0 Å². The Labute approximate surface area is 176 Å². The predicted octanol–water partition coefficient (Wildman–Crippen LogP) is 5.05. The highest BCUT2D eigenvalue weighted by molar-refractivity contribution is 6.32. The summed E-state index contributed by atoms with van der Waals surface area (Å²) < 4.78 is 29.0. The molecule has 0 bridgehead atoms. The first kappa shape index (κ1) is 21.3. The molecule has 154 valence electrons. The molecule has 30 heavy (non-hydrogen) atoms. The highest BCUT2D eigenvalue weighted by Gasteiger charge is 2.23. The molecule has 1 atom stereocenters. The number of alkyl halides is 2. The standard InChI is InChI=1S/C22H17ClF2N2O3/c23-17-13-16(11-12-18(17)30-22(24)25)26-21(29)19(14-7-3-1-4-8-14)27-20(28)15-9-5-2-6-10-15/h1-13,19,22H,(H,26,29)(H,27,28). The number of nitrogens with one attached hydrogen (secondary N) is 2. The molecule has 0 aliphatic carbocycles. The molecule has 0 aliphatic rings. The van der Waals surface area contributed by atoms with Crippen LogP contribution in [-0.2, 0) is 4.79 Å². The van der Waals surface area contributed by atoms with Crippen LogP contribution < -0.4 is 15.4 Å². The quantitative estimate of drug-likeness (QED) is 0.551. The molecule has 2 N–H and O–H groups in total. The van der Waals surface area contributed by atoms with E-state index >= 15 is 0 Å². The second kappa shape index (κ2) is 9.84. The summed E-state index contributed by atoms with van der Waals surface area (Å²) in [5.74, 6) is -1.15. The number of hydrogen-bond acceptors (Lipinski definition) is 3. The number of ether oxygens (including phenoxy) is 1. The number of halogens is 3. The van der Waals surface area contributed by atoms with Crippen LogP contribution in [-0.4, -0.2) is 18.4 Å². The van der Waals surface area contributed by atoms with E-state index in [9.17, 15) is 18.4 Å². The van der Waals surface area contributed by atoms with Crippen LogP contribution in [0.4, 0.5) is 14.5 Å². The van der Waals surface area contributed by atoms with Crippen LogP contribution in [0.15, 0.2) is 78.9 Å². The molecule has 0 fully saturated rings. The number of amides is 2. The molecule has 0 saturated heterocycles. The van der Waals surface area contributed by atoms with Gasteiger partial charge in [0.15, 0.2) is 0 Å². The first-order valence-electron chi connectivity index (χ1n) is 8.90. The zero-order chi connectivity index (χ0) is 21.5. The Hall–Kier alpha value is -3.45. The van der Waals surface area contributed by atoms with Crippen molar-refractivity contribution < 1.29 is 23.1 Å². The van der Waals surface area contributed by atoms with Crippen molar-refractivity contribution in [3.8, 4) is 5.75 Å². The number of carbonyl (C=O) groups is 2. The van der Waals surface area contributed by atoms with E-state index in [0.29, 0.717) is 11.1 Å². The second-order valence-electron chi connectivity index (χ2n) is 6.20. The van der Waals surface area contributed by atoms with Gasteiger partial charge in [-0.2, -0.15) is 8.78 Å². The first-order valence-corrected chi connectivity index (χ1v) is 9.28. The molecule has 3 aromatic rings. The Bertz CT molecular complexity index is 1020. The third kappa shape index (κ3) is 5.55. The molecule has 3 rings (SSSR count). The monoisotopic (exact) mass is 430 g/mol. The summed E-state index contributed by atoms with van der Waals surface area (Å²) in [5.41, 5.74) is 1.24. The van der Waals surface area contributed by atoms with Gasteiger partial charge in [0.25, 0.3) is 11.8 Å². The van der Waals surface area contributed by atoms with Gasteiger partial charge in [0.05, 0.1) is 5.02 Å². The average molecular weight is 431 g/mol. The van der Waals surface area contributed by atoms with Crippen molar-refractivity contribution >= 4 is 29.1 Å². The van der Waals surface area contributed by atoms with Crippen LogP contribution in [0.25, 0.3) is 0 Å². The number of hydrogen-bond donors (Lipinski definition) is 2. The van der Waals surface area contributed by atoms with Gasteiger partial charge in [-0.1, -0.05) is 60.1 Å². The molecule has 0 aliphatic heterocycles. The molecule has 0 spiro atoms. The molecule has 0 radical (unpaired) electrons. The number of rotatable bonds is 7. The van der Waals surface area contributed by atoms with Crippen LogP contribution >= 0.6 is 11.6 Å². The second-order valence-corrected chi connectivity index (χ2v) is 6.60. The lowest BCUT2D eigenvalue weighted by molar-refractivity contribution is -0.118. The maximum absolute atomic E-state index is 12.9. The number of anilines is 1. The summed E-state index contributed by atoms with van der Waals surface area (Å²) >= 11 is 5.94. The van der Waals surface area contributed by atoms with Gasteiger partial charge >= 0.3 is 6.61 Å². The SMILES string of the molecule is O=C(NC(C(=O)Nc1ccc(OC(F)F)c(Cl)c1)c1ccccc1)c1ccccc1. The molecule has 0 aromatic heterocycles. The molecular weight excluding hydrogens is 414 g/mol. The van der Waals surface area contributed by atoms with Crippen LogP contribution in [0.1, 0.15) is 22.0 Å². The largest absolute Gasteiger partial charge is 0.433 e. The van der Waals surface area contributed by atoms with E-state index in [1.165, 1.54) is 18.2 Å². The summed E-state index contributed by atoms with van der Waals surface area (Å²) in [6, 6.07) is 20.1. The molecule has 0 heterocycles. The predicted molar refractivity (Wildman–Crippen MR) is 110 cm³/mol. The summed E-state index contributed by atoms with van der Waals surface area (Å²) in [5, 5.41) is 5.27. The molecule has 8 heteroatoms. The lowest BCUT2D eigenvalue weighted by Crippen LogP contribution is -2.37. The molecule has 5 nitrogen and oxygen atoms in total. The van der Waals surface area contributed by atoms with Gasteiger partial charge < -0.3 is 15.4 Å². The van der Waals surface area contributed by atoms with E-state index in [4.69, 9.17) is 11.6 Å². The fraction of sp³-hybridized carbons (Fsp3) is 0.0909. The molecule has 2 amide bonds. The van der Waals surface area contributed by atoms with Crippen molar-refractivity contribution in [3.63, 3.8) is 0 Å². The first-order chi connectivity index (χ1) is 14.4. The minimum absolute atomic E-state index is 0.0855. The van der Waals surface area contributed by atoms with E-state index in [1.807, 2.05) is 0 Å². The van der Waals surface area contributed by atoms with Crippen LogP contribution in [0, 0.1) is 0 Å². The Morgan fingerprint density at radius 2 is 1.53 bits per heavy atom. The van der Waals surface area contributed by atoms with Gasteiger partial charge in [-0.25, -0.2) is 0 Å². The van der Waals surface area contributed by atoms with Crippen LogP contribution in [0.2, 0.25) is 5.02 Å². The number of benzene rings is 3. The van der Waals surface area contributed by atoms with Crippen molar-refractivity contribution in [3.05, 3.63) is 95.0 Å². The summed E-state index contributed by atoms with van der Waals surface area (Å²) in [6.07, 6.45) is 0. The Morgan fingerprint density at radius 3 is 2.13 bits per heavy atom. The van der Waals surface area contributed by atoms with Crippen molar-refractivity contribution in [1.29, 1.82) is 0 Å². The average Bonchev–Trinajstić information content (AvgIpc) is 2.74. The van der Waals surface area contributed by atoms with Crippen LogP contribution in [0.5, 0.6) is 5.75 Å². The Kier molecular flexibility index (Phi) is 6.98. The zero-order valence-electron chi connectivity index (χ0n) is 15.5. The fourth-order valence-electron chi connectivity index (χ4n) is 2.73. The maximum Gasteiger partial charge on any atom is 0.387 e. The van der Waals surface area contributed by atoms with E-state index in [-0.39, 0.29) is 16.5 Å². The normalized spacial score (nSPS) is 11.6. The van der Waals surface area contributed by atoms with E-state index in [1.54, 1.807) is 60.7 Å². The van der Waals surface area contributed by atoms with Gasteiger partial charge in [-0.3, -0.25) is 9.59 Å². The third-order valence-corrected chi connectivity index (χ3v) is 4.42. The Balaban J connectivity index is 1.80. The molecule has 3 aromatic carbocycles. The fourth-order valence-corrected chi connectivity index (χ4v) is 2.96. The minimum atomic E-state index is -3.02. The summed E-state index contributed by atoms with van der Waals surface area (Å²) in [7, 11) is 0. The van der Waals surface area contributed by atoms with Crippen molar-refractivity contribution in [2.45, 2.75) is 12.7 Å². The van der Waals surface area contributed by atoms with Crippen molar-refractivity contribution in [2.75, 3.05) is 5.32 Å². The van der Waals surface area contributed by atoms with Crippen molar-refractivity contribution in [2.24, 2.45) is 0 Å². The summed E-state index contributed by atoms with van der Waals surface area (Å²) in [4.78, 5) is 25.5. The maximum atomic E-state index is 12.9. The highest BCUT2D eigenvalue weighted by atomic mass is 35.5.